The van der Waals surface area contributed by atoms with Gasteiger partial charge in [-0.25, -0.2) is 0 Å². The van der Waals surface area contributed by atoms with E-state index in [-0.39, 0.29) is 18.6 Å². The predicted octanol–water partition coefficient (Wildman–Crippen LogP) is 2.55. The van der Waals surface area contributed by atoms with E-state index in [0.29, 0.717) is 30.9 Å². The molecule has 2 aromatic carbocycles. The highest BCUT2D eigenvalue weighted by Crippen LogP contribution is 2.33. The second-order valence-corrected chi connectivity index (χ2v) is 6.12. The van der Waals surface area contributed by atoms with Crippen molar-refractivity contribution in [3.8, 4) is 11.5 Å². The smallest absolute Gasteiger partial charge is 0.247 e. The molecule has 0 spiro atoms. The number of amides is 2. The van der Waals surface area contributed by atoms with Gasteiger partial charge in [0, 0.05) is 18.7 Å². The Morgan fingerprint density at radius 3 is 2.76 bits per heavy atom. The summed E-state index contributed by atoms with van der Waals surface area (Å²) in [5.74, 6) is 1.22. The highest BCUT2D eigenvalue weighted by Gasteiger charge is 2.36. The summed E-state index contributed by atoms with van der Waals surface area (Å²) < 4.78 is 10.7. The zero-order valence-electron chi connectivity index (χ0n) is 13.6. The minimum absolute atomic E-state index is 0.00845. The average Bonchev–Trinajstić information content (AvgIpc) is 3.23. The molecule has 2 amide bonds. The summed E-state index contributed by atoms with van der Waals surface area (Å²) in [6, 6.07) is 14.4. The van der Waals surface area contributed by atoms with E-state index in [1.54, 1.807) is 4.90 Å². The van der Waals surface area contributed by atoms with Gasteiger partial charge in [-0.1, -0.05) is 24.3 Å². The predicted molar refractivity (Wildman–Crippen MR) is 91.2 cm³/mol. The van der Waals surface area contributed by atoms with Crippen LogP contribution in [0.15, 0.2) is 48.5 Å². The molecule has 0 bridgehead atoms. The van der Waals surface area contributed by atoms with E-state index in [4.69, 9.17) is 9.47 Å². The largest absolute Gasteiger partial charge is 0.454 e. The van der Waals surface area contributed by atoms with Crippen LogP contribution in [0.25, 0.3) is 0 Å². The SMILES string of the molecule is O=C(Nc1ccccc1)C1CCC(=O)N1Cc1ccc2c(c1)OCO2. The molecule has 2 aliphatic heterocycles. The van der Waals surface area contributed by atoms with Crippen molar-refractivity contribution in [3.63, 3.8) is 0 Å². The van der Waals surface area contributed by atoms with E-state index in [2.05, 4.69) is 5.32 Å². The number of benzene rings is 2. The van der Waals surface area contributed by atoms with Crippen molar-refractivity contribution >= 4 is 17.5 Å². The van der Waals surface area contributed by atoms with Crippen LogP contribution in [0, 0.1) is 0 Å². The molecular formula is C19H18N2O4. The van der Waals surface area contributed by atoms with E-state index in [1.807, 2.05) is 48.5 Å². The summed E-state index contributed by atoms with van der Waals surface area (Å²) in [5.41, 5.74) is 1.65. The lowest BCUT2D eigenvalue weighted by Crippen LogP contribution is -2.41. The highest BCUT2D eigenvalue weighted by atomic mass is 16.7. The third-order valence-electron chi connectivity index (χ3n) is 4.46. The van der Waals surface area contributed by atoms with Crippen molar-refractivity contribution in [3.05, 3.63) is 54.1 Å². The molecule has 0 aliphatic carbocycles. The Hall–Kier alpha value is -3.02. The number of anilines is 1. The lowest BCUT2D eigenvalue weighted by molar-refractivity contribution is -0.133. The molecule has 128 valence electrons. The summed E-state index contributed by atoms with van der Waals surface area (Å²) >= 11 is 0. The van der Waals surface area contributed by atoms with Gasteiger partial charge in [-0.2, -0.15) is 0 Å². The maximum absolute atomic E-state index is 12.6. The third-order valence-corrected chi connectivity index (χ3v) is 4.46. The number of rotatable bonds is 4. The fourth-order valence-electron chi connectivity index (χ4n) is 3.19. The molecule has 2 heterocycles. The summed E-state index contributed by atoms with van der Waals surface area (Å²) in [4.78, 5) is 26.5. The lowest BCUT2D eigenvalue weighted by Gasteiger charge is -2.24. The molecule has 1 unspecified atom stereocenters. The Morgan fingerprint density at radius 2 is 1.92 bits per heavy atom. The van der Waals surface area contributed by atoms with Crippen LogP contribution in [-0.2, 0) is 16.1 Å². The van der Waals surface area contributed by atoms with Crippen molar-refractivity contribution in [1.29, 1.82) is 0 Å². The van der Waals surface area contributed by atoms with Crippen molar-refractivity contribution in [2.45, 2.75) is 25.4 Å². The molecule has 25 heavy (non-hydrogen) atoms. The molecule has 1 atom stereocenters. The number of nitrogens with one attached hydrogen (secondary N) is 1. The monoisotopic (exact) mass is 338 g/mol. The van der Waals surface area contributed by atoms with Gasteiger partial charge in [0.2, 0.25) is 18.6 Å². The van der Waals surface area contributed by atoms with E-state index in [9.17, 15) is 9.59 Å². The van der Waals surface area contributed by atoms with Gasteiger partial charge in [0.25, 0.3) is 0 Å². The first-order chi connectivity index (χ1) is 12.2. The Bertz CT molecular complexity index is 806. The van der Waals surface area contributed by atoms with Crippen LogP contribution >= 0.6 is 0 Å². The average molecular weight is 338 g/mol. The van der Waals surface area contributed by atoms with Crippen LogP contribution in [0.1, 0.15) is 18.4 Å². The van der Waals surface area contributed by atoms with Gasteiger partial charge in [0.1, 0.15) is 6.04 Å². The second-order valence-electron chi connectivity index (χ2n) is 6.12. The zero-order chi connectivity index (χ0) is 17.2. The van der Waals surface area contributed by atoms with Crippen LogP contribution in [0.5, 0.6) is 11.5 Å². The number of nitrogens with zero attached hydrogens (tertiary/aromatic N) is 1. The van der Waals surface area contributed by atoms with Gasteiger partial charge >= 0.3 is 0 Å². The second kappa shape index (κ2) is 6.47. The maximum atomic E-state index is 12.6. The van der Waals surface area contributed by atoms with E-state index in [0.717, 1.165) is 11.3 Å². The van der Waals surface area contributed by atoms with E-state index in [1.165, 1.54) is 0 Å². The van der Waals surface area contributed by atoms with Crippen molar-refractivity contribution in [2.24, 2.45) is 0 Å². The quantitative estimate of drug-likeness (QED) is 0.930. The molecule has 1 fully saturated rings. The maximum Gasteiger partial charge on any atom is 0.247 e. The summed E-state index contributed by atoms with van der Waals surface area (Å²) in [5, 5.41) is 2.88. The first-order valence-electron chi connectivity index (χ1n) is 8.24. The van der Waals surface area contributed by atoms with Crippen molar-refractivity contribution in [2.75, 3.05) is 12.1 Å². The molecule has 1 saturated heterocycles. The molecule has 0 aromatic heterocycles. The minimum atomic E-state index is -0.460. The van der Waals surface area contributed by atoms with Crippen molar-refractivity contribution in [1.82, 2.24) is 4.90 Å². The van der Waals surface area contributed by atoms with Gasteiger partial charge in [0.15, 0.2) is 11.5 Å². The van der Waals surface area contributed by atoms with E-state index < -0.39 is 6.04 Å². The summed E-state index contributed by atoms with van der Waals surface area (Å²) in [6.45, 7) is 0.589. The van der Waals surface area contributed by atoms with Gasteiger partial charge in [-0.05, 0) is 36.2 Å². The molecule has 1 N–H and O–H groups in total. The number of ether oxygens (including phenoxy) is 2. The topological polar surface area (TPSA) is 67.9 Å². The Balaban J connectivity index is 1.49. The molecule has 0 saturated carbocycles. The fourth-order valence-corrected chi connectivity index (χ4v) is 3.19. The van der Waals surface area contributed by atoms with Crippen LogP contribution in [-0.4, -0.2) is 29.5 Å². The van der Waals surface area contributed by atoms with Crippen LogP contribution in [0.4, 0.5) is 5.69 Å². The first kappa shape index (κ1) is 15.5. The molecule has 0 radical (unpaired) electrons. The Kier molecular flexibility index (Phi) is 4.01. The minimum Gasteiger partial charge on any atom is -0.454 e. The van der Waals surface area contributed by atoms with E-state index >= 15 is 0 Å². The summed E-state index contributed by atoms with van der Waals surface area (Å²) in [7, 11) is 0. The molecule has 6 nitrogen and oxygen atoms in total. The highest BCUT2D eigenvalue weighted by molar-refractivity contribution is 5.99. The normalized spacial score (nSPS) is 18.5. The van der Waals surface area contributed by atoms with Gasteiger partial charge < -0.3 is 19.7 Å². The molecule has 6 heteroatoms. The Morgan fingerprint density at radius 1 is 1.12 bits per heavy atom. The van der Waals surface area contributed by atoms with Gasteiger partial charge in [0.05, 0.1) is 0 Å². The third kappa shape index (κ3) is 3.15. The standard InChI is InChI=1S/C19H18N2O4/c22-18-9-7-15(19(23)20-14-4-2-1-3-5-14)21(18)11-13-6-8-16-17(10-13)25-12-24-16/h1-6,8,10,15H,7,9,11-12H2,(H,20,23). The molecule has 2 aromatic rings. The van der Waals surface area contributed by atoms with Crippen LogP contribution < -0.4 is 14.8 Å². The zero-order valence-corrected chi connectivity index (χ0v) is 13.6. The number of carbonyl (C=O) groups excluding carboxylic acids is 2. The lowest BCUT2D eigenvalue weighted by atomic mass is 10.1. The first-order valence-corrected chi connectivity index (χ1v) is 8.24. The number of hydrogen-bond acceptors (Lipinski definition) is 4. The number of hydrogen-bond donors (Lipinski definition) is 1. The number of fused-ring (bicyclic) bond motifs is 1. The van der Waals surface area contributed by atoms with Gasteiger partial charge in [-0.15, -0.1) is 0 Å². The van der Waals surface area contributed by atoms with Gasteiger partial charge in [-0.3, -0.25) is 9.59 Å². The molecular weight excluding hydrogens is 320 g/mol. The molecule has 4 rings (SSSR count). The molecule has 2 aliphatic rings. The fraction of sp³-hybridized carbons (Fsp3) is 0.263. The Labute approximate surface area is 145 Å². The number of likely N-dealkylation sites (tertiary alicyclic amines) is 1. The number of carbonyl (C=O) groups is 2. The summed E-state index contributed by atoms with van der Waals surface area (Å²) in [6.07, 6.45) is 0.916. The number of para-hydroxylation sites is 1. The van der Waals surface area contributed by atoms with Crippen LogP contribution in [0.3, 0.4) is 0 Å². The van der Waals surface area contributed by atoms with Crippen LogP contribution in [0.2, 0.25) is 0 Å². The van der Waals surface area contributed by atoms with Crippen molar-refractivity contribution < 1.29 is 19.1 Å².